The van der Waals surface area contributed by atoms with Crippen LogP contribution in [0.15, 0.2) is 42.5 Å². The van der Waals surface area contributed by atoms with E-state index >= 15 is 0 Å². The molecule has 11 heteroatoms. The third-order valence-electron chi connectivity index (χ3n) is 7.31. The number of hydrogen-bond donors (Lipinski definition) is 6. The van der Waals surface area contributed by atoms with Crippen molar-refractivity contribution in [1.29, 1.82) is 0 Å². The van der Waals surface area contributed by atoms with Crippen LogP contribution in [0.2, 0.25) is 0 Å². The summed E-state index contributed by atoms with van der Waals surface area (Å²) in [6, 6.07) is 14.5. The van der Waals surface area contributed by atoms with Gasteiger partial charge >= 0.3 is 17.9 Å². The number of aryl methyl sites for hydroxylation is 2. The molecular weight excluding hydrogens is 520 g/mol. The van der Waals surface area contributed by atoms with E-state index in [1.807, 2.05) is 6.07 Å². The topological polar surface area (TPSA) is 181 Å². The average molecular weight is 557 g/mol. The smallest absolute Gasteiger partial charge is 0.336 e. The van der Waals surface area contributed by atoms with E-state index in [2.05, 4.69) is 60.1 Å². The Morgan fingerprint density at radius 3 is 2.05 bits per heavy atom. The number of nitrogens with zero attached hydrogens (tertiary/aromatic N) is 1. The summed E-state index contributed by atoms with van der Waals surface area (Å²) in [5.41, 5.74) is 2.51. The Morgan fingerprint density at radius 1 is 0.975 bits per heavy atom. The Balaban J connectivity index is 0.000000289. The number of H-pyrrole nitrogens is 1. The maximum Gasteiger partial charge on any atom is 0.336 e. The van der Waals surface area contributed by atoms with Crippen LogP contribution in [0.3, 0.4) is 0 Å². The lowest BCUT2D eigenvalue weighted by atomic mass is 9.84. The van der Waals surface area contributed by atoms with Gasteiger partial charge in [-0.05, 0) is 56.0 Å². The molecule has 0 bridgehead atoms. The molecule has 1 aliphatic rings. The molecule has 3 aromatic rings. The molecule has 1 saturated heterocycles. The Morgan fingerprint density at radius 2 is 1.55 bits per heavy atom. The molecule has 40 heavy (non-hydrogen) atoms. The number of hydrogen-bond acceptors (Lipinski definition) is 7. The van der Waals surface area contributed by atoms with Crippen molar-refractivity contribution < 1.29 is 44.7 Å². The second-order valence-electron chi connectivity index (χ2n) is 10.3. The molecule has 2 heterocycles. The fourth-order valence-corrected chi connectivity index (χ4v) is 4.82. The largest absolute Gasteiger partial charge is 0.497 e. The van der Waals surface area contributed by atoms with Crippen LogP contribution in [0.1, 0.15) is 48.1 Å². The molecule has 4 rings (SSSR count). The minimum absolute atomic E-state index is 0.701. The molecule has 6 N–H and O–H groups in total. The van der Waals surface area contributed by atoms with Gasteiger partial charge in [-0.1, -0.05) is 29.8 Å². The highest BCUT2D eigenvalue weighted by Crippen LogP contribution is 2.34. The van der Waals surface area contributed by atoms with Crippen molar-refractivity contribution in [3.8, 4) is 5.75 Å². The molecule has 0 saturated carbocycles. The van der Waals surface area contributed by atoms with Crippen LogP contribution in [-0.2, 0) is 26.5 Å². The predicted molar refractivity (Wildman–Crippen MR) is 146 cm³/mol. The van der Waals surface area contributed by atoms with Gasteiger partial charge in [-0.25, -0.2) is 4.79 Å². The predicted octanol–water partition coefficient (Wildman–Crippen LogP) is 3.03. The van der Waals surface area contributed by atoms with Gasteiger partial charge < -0.3 is 35.3 Å². The first-order chi connectivity index (χ1) is 18.8. The fraction of sp³-hybridized carbons (Fsp3) is 0.414. The van der Waals surface area contributed by atoms with E-state index in [1.54, 1.807) is 7.11 Å². The third-order valence-corrected chi connectivity index (χ3v) is 7.31. The first kappa shape index (κ1) is 30.6. The number of nitrogens with one attached hydrogen (secondary N) is 1. The summed E-state index contributed by atoms with van der Waals surface area (Å²) < 4.78 is 5.36. The molecule has 1 aliphatic heterocycles. The zero-order valence-electron chi connectivity index (χ0n) is 22.8. The molecule has 0 radical (unpaired) electrons. The molecule has 216 valence electrons. The van der Waals surface area contributed by atoms with E-state index in [9.17, 15) is 19.5 Å². The summed E-state index contributed by atoms with van der Waals surface area (Å²) in [6.45, 7) is 6.91. The van der Waals surface area contributed by atoms with Crippen LogP contribution in [0, 0.1) is 13.8 Å². The number of aliphatic carboxylic acids is 3. The summed E-state index contributed by atoms with van der Waals surface area (Å²) in [6.07, 6.45) is -0.754. The molecule has 0 unspecified atom stereocenters. The number of carboxylic acid groups (broad SMARTS) is 3. The van der Waals surface area contributed by atoms with Crippen molar-refractivity contribution in [3.63, 3.8) is 0 Å². The van der Waals surface area contributed by atoms with Gasteiger partial charge in [0.1, 0.15) is 5.75 Å². The second-order valence-corrected chi connectivity index (χ2v) is 10.3. The molecule has 0 atom stereocenters. The highest BCUT2D eigenvalue weighted by molar-refractivity contribution is 5.88. The van der Waals surface area contributed by atoms with Crippen LogP contribution in [0.25, 0.3) is 10.9 Å². The van der Waals surface area contributed by atoms with Crippen molar-refractivity contribution in [3.05, 3.63) is 64.8 Å². The Hall–Kier alpha value is -3.93. The van der Waals surface area contributed by atoms with Crippen LogP contribution in [0.5, 0.6) is 5.75 Å². The number of aromatic amines is 1. The van der Waals surface area contributed by atoms with E-state index < -0.39 is 42.0 Å². The summed E-state index contributed by atoms with van der Waals surface area (Å²) >= 11 is 0. The summed E-state index contributed by atoms with van der Waals surface area (Å²) in [7, 11) is 1.70. The first-order valence-electron chi connectivity index (χ1n) is 12.8. The summed E-state index contributed by atoms with van der Waals surface area (Å²) in [5, 5.41) is 46.1. The van der Waals surface area contributed by atoms with Crippen molar-refractivity contribution in [2.75, 3.05) is 20.2 Å². The number of likely N-dealkylation sites (tertiary alicyclic amines) is 1. The van der Waals surface area contributed by atoms with Gasteiger partial charge in [0.15, 0.2) is 5.60 Å². The van der Waals surface area contributed by atoms with E-state index in [1.165, 1.54) is 22.2 Å². The number of methoxy groups -OCH3 is 1. The standard InChI is InChI=1S/C23H28N2O2.C6H8O7/c1-16-4-6-18(7-5-16)23(26)10-12-25(13-11-23)15-22-17(2)20-14-19(27-3)8-9-21(20)24-22;7-3(8)1-6(13,5(11)12)2-4(9)10/h4-9,14,24,26H,10-13,15H2,1-3H3;13H,1-2H2,(H,7,8)(H,9,10)(H,11,12). The molecule has 2 aromatic carbocycles. The number of rotatable bonds is 9. The van der Waals surface area contributed by atoms with Crippen molar-refractivity contribution in [1.82, 2.24) is 9.88 Å². The number of carbonyl (C=O) groups is 3. The minimum atomic E-state index is -2.74. The number of aromatic nitrogens is 1. The van der Waals surface area contributed by atoms with Gasteiger partial charge in [0.05, 0.1) is 25.6 Å². The number of piperidine rings is 1. The minimum Gasteiger partial charge on any atom is -0.497 e. The van der Waals surface area contributed by atoms with E-state index in [4.69, 9.17) is 25.2 Å². The fourth-order valence-electron chi connectivity index (χ4n) is 4.82. The zero-order valence-corrected chi connectivity index (χ0v) is 22.8. The molecule has 0 amide bonds. The van der Waals surface area contributed by atoms with Crippen LogP contribution in [0.4, 0.5) is 0 Å². The monoisotopic (exact) mass is 556 g/mol. The van der Waals surface area contributed by atoms with Gasteiger partial charge in [-0.3, -0.25) is 14.5 Å². The van der Waals surface area contributed by atoms with E-state index in [0.717, 1.165) is 49.3 Å². The lowest BCUT2D eigenvalue weighted by Crippen LogP contribution is -2.42. The molecular formula is C29H36N2O9. The van der Waals surface area contributed by atoms with Crippen molar-refractivity contribution >= 4 is 28.8 Å². The zero-order chi connectivity index (χ0) is 29.7. The number of aliphatic hydroxyl groups is 2. The number of carboxylic acids is 3. The van der Waals surface area contributed by atoms with Crippen molar-refractivity contribution in [2.45, 2.75) is 57.3 Å². The number of ether oxygens (including phenoxy) is 1. The maximum absolute atomic E-state index is 11.1. The SMILES string of the molecule is COc1ccc2[nH]c(CN3CCC(O)(c4ccc(C)cc4)CC3)c(C)c2c1.O=C(O)CC(O)(CC(=O)O)C(=O)O. The maximum atomic E-state index is 11.1. The Labute approximate surface area is 231 Å². The van der Waals surface area contributed by atoms with Crippen molar-refractivity contribution in [2.24, 2.45) is 0 Å². The second kappa shape index (κ2) is 12.5. The highest BCUT2D eigenvalue weighted by Gasteiger charge is 2.40. The van der Waals surface area contributed by atoms with Gasteiger partial charge in [0, 0.05) is 36.2 Å². The summed E-state index contributed by atoms with van der Waals surface area (Å²) in [4.78, 5) is 36.5. The molecule has 0 spiro atoms. The lowest BCUT2D eigenvalue weighted by molar-refractivity contribution is -0.170. The normalized spacial score (nSPS) is 15.2. The molecule has 0 aliphatic carbocycles. The number of fused-ring (bicyclic) bond motifs is 1. The van der Waals surface area contributed by atoms with Crippen LogP contribution < -0.4 is 4.74 Å². The summed E-state index contributed by atoms with van der Waals surface area (Å²) in [5.74, 6) is -4.13. The molecule has 1 fully saturated rings. The number of benzene rings is 2. The van der Waals surface area contributed by atoms with Gasteiger partial charge in [-0.2, -0.15) is 0 Å². The average Bonchev–Trinajstić information content (AvgIpc) is 3.19. The van der Waals surface area contributed by atoms with Crippen LogP contribution >= 0.6 is 0 Å². The molecule has 11 nitrogen and oxygen atoms in total. The van der Waals surface area contributed by atoms with E-state index in [0.29, 0.717) is 0 Å². The van der Waals surface area contributed by atoms with Gasteiger partial charge in [0.2, 0.25) is 0 Å². The lowest BCUT2D eigenvalue weighted by Gasteiger charge is -2.38. The van der Waals surface area contributed by atoms with Gasteiger partial charge in [-0.15, -0.1) is 0 Å². The highest BCUT2D eigenvalue weighted by atomic mass is 16.5. The Kier molecular flexibility index (Phi) is 9.56. The van der Waals surface area contributed by atoms with Crippen LogP contribution in [-0.4, -0.2) is 79.1 Å². The van der Waals surface area contributed by atoms with Gasteiger partial charge in [0.25, 0.3) is 0 Å². The molecule has 1 aromatic heterocycles. The first-order valence-corrected chi connectivity index (χ1v) is 12.8. The van der Waals surface area contributed by atoms with E-state index in [-0.39, 0.29) is 0 Å². The quantitative estimate of drug-likeness (QED) is 0.229. The Bertz CT molecular complexity index is 1340. The third kappa shape index (κ3) is 7.38.